The van der Waals surface area contributed by atoms with Crippen molar-refractivity contribution in [3.05, 3.63) is 65.7 Å². The number of nitrogens with zero attached hydrogens (tertiary/aromatic N) is 1. The Hall–Kier alpha value is -1.84. The molecule has 0 saturated carbocycles. The lowest BCUT2D eigenvalue weighted by Gasteiger charge is -2.36. The highest BCUT2D eigenvalue weighted by molar-refractivity contribution is 5.27. The summed E-state index contributed by atoms with van der Waals surface area (Å²) in [4.78, 5) is 0. The third-order valence-electron chi connectivity index (χ3n) is 6.25. The molecule has 2 rings (SSSR count). The van der Waals surface area contributed by atoms with Crippen molar-refractivity contribution in [2.75, 3.05) is 14.1 Å². The Morgan fingerprint density at radius 3 is 1.94 bits per heavy atom. The van der Waals surface area contributed by atoms with Crippen molar-refractivity contribution in [2.24, 2.45) is 17.8 Å². The minimum absolute atomic E-state index is 0.0114. The van der Waals surface area contributed by atoms with E-state index in [1.807, 2.05) is 6.92 Å². The molecular weight excluding hydrogens is 382 g/mol. The molecule has 0 bridgehead atoms. The summed E-state index contributed by atoms with van der Waals surface area (Å²) < 4.78 is 13.0. The molecule has 2 aromatic rings. The fourth-order valence-electron chi connectivity index (χ4n) is 4.05. The number of benzene rings is 2. The molecule has 0 heterocycles. The first kappa shape index (κ1) is 25.4. The zero-order valence-electron chi connectivity index (χ0n) is 21.0. The highest BCUT2D eigenvalue weighted by Gasteiger charge is 2.27. The summed E-state index contributed by atoms with van der Waals surface area (Å²) >= 11 is 0. The standard InChI is InChI=1S/C28H44NO2/c1-21(2)18-27(22(3)4)19-25-14-16-28(17-15-25)31-24(6)30-23(5)29(7,8)20-26-12-10-9-11-13-26/h9-17,21-24,27H,18-20H2,1-8H3/q+1. The Labute approximate surface area is 191 Å². The van der Waals surface area contributed by atoms with Gasteiger partial charge in [0, 0.05) is 12.5 Å². The lowest BCUT2D eigenvalue weighted by Crippen LogP contribution is -2.49. The van der Waals surface area contributed by atoms with Gasteiger partial charge in [0.2, 0.25) is 6.29 Å². The molecule has 3 nitrogen and oxygen atoms in total. The van der Waals surface area contributed by atoms with Gasteiger partial charge in [-0.1, -0.05) is 70.2 Å². The second-order valence-electron chi connectivity index (χ2n) is 10.3. The summed E-state index contributed by atoms with van der Waals surface area (Å²) in [6, 6.07) is 19.1. The molecule has 0 aliphatic carbocycles. The van der Waals surface area contributed by atoms with Crippen LogP contribution in [0.25, 0.3) is 0 Å². The van der Waals surface area contributed by atoms with Crippen LogP contribution in [-0.4, -0.2) is 31.1 Å². The summed E-state index contributed by atoms with van der Waals surface area (Å²) in [5.41, 5.74) is 2.69. The highest BCUT2D eigenvalue weighted by Crippen LogP contribution is 2.26. The van der Waals surface area contributed by atoms with Crippen molar-refractivity contribution in [1.29, 1.82) is 0 Å². The fourth-order valence-corrected chi connectivity index (χ4v) is 4.05. The molecule has 0 fully saturated rings. The molecule has 0 aliphatic heterocycles. The smallest absolute Gasteiger partial charge is 0.202 e. The Kier molecular flexibility index (Phi) is 9.58. The summed E-state index contributed by atoms with van der Waals surface area (Å²) in [5, 5.41) is 0. The number of rotatable bonds is 12. The summed E-state index contributed by atoms with van der Waals surface area (Å²) in [6.45, 7) is 14.3. The van der Waals surface area contributed by atoms with E-state index in [2.05, 4.69) is 103 Å². The molecule has 0 N–H and O–H groups in total. The van der Waals surface area contributed by atoms with Gasteiger partial charge in [-0.25, -0.2) is 0 Å². The number of hydrogen-bond donors (Lipinski definition) is 0. The van der Waals surface area contributed by atoms with Crippen LogP contribution in [0.5, 0.6) is 5.75 Å². The van der Waals surface area contributed by atoms with E-state index in [4.69, 9.17) is 9.47 Å². The third-order valence-corrected chi connectivity index (χ3v) is 6.25. The number of hydrogen-bond acceptors (Lipinski definition) is 2. The summed E-state index contributed by atoms with van der Waals surface area (Å²) in [5.74, 6) is 3.02. The second-order valence-corrected chi connectivity index (χ2v) is 10.3. The van der Waals surface area contributed by atoms with Crippen LogP contribution in [0.1, 0.15) is 59.1 Å². The van der Waals surface area contributed by atoms with Crippen molar-refractivity contribution >= 4 is 0 Å². The molecule has 0 amide bonds. The lowest BCUT2D eigenvalue weighted by atomic mass is 9.83. The fraction of sp³-hybridized carbons (Fsp3) is 0.571. The van der Waals surface area contributed by atoms with Gasteiger partial charge in [-0.3, -0.25) is 9.22 Å². The van der Waals surface area contributed by atoms with Gasteiger partial charge in [-0.2, -0.15) is 0 Å². The SMILES string of the molecule is CC(C)CC(Cc1ccc(OC(C)OC(C)[N+](C)(C)Cc2ccccc2)cc1)C(C)C. The van der Waals surface area contributed by atoms with E-state index in [9.17, 15) is 0 Å². The first-order valence-corrected chi connectivity index (χ1v) is 11.8. The second kappa shape index (κ2) is 11.7. The molecule has 0 saturated heterocycles. The molecule has 0 spiro atoms. The van der Waals surface area contributed by atoms with Gasteiger partial charge in [-0.05, 0) is 55.2 Å². The van der Waals surface area contributed by atoms with Crippen LogP contribution < -0.4 is 4.74 Å². The van der Waals surface area contributed by atoms with Crippen molar-refractivity contribution in [2.45, 2.75) is 73.4 Å². The van der Waals surface area contributed by atoms with E-state index < -0.39 is 0 Å². The predicted octanol–water partition coefficient (Wildman–Crippen LogP) is 6.91. The van der Waals surface area contributed by atoms with E-state index in [1.165, 1.54) is 17.5 Å². The molecule has 3 heteroatoms. The Morgan fingerprint density at radius 2 is 1.39 bits per heavy atom. The van der Waals surface area contributed by atoms with Gasteiger partial charge in [0.05, 0.1) is 14.1 Å². The van der Waals surface area contributed by atoms with E-state index in [-0.39, 0.29) is 12.5 Å². The molecule has 172 valence electrons. The van der Waals surface area contributed by atoms with Gasteiger partial charge < -0.3 is 4.74 Å². The minimum atomic E-state index is -0.307. The minimum Gasteiger partial charge on any atom is -0.465 e. The van der Waals surface area contributed by atoms with Gasteiger partial charge >= 0.3 is 0 Å². The van der Waals surface area contributed by atoms with Crippen molar-refractivity contribution in [3.63, 3.8) is 0 Å². The Morgan fingerprint density at radius 1 is 0.774 bits per heavy atom. The van der Waals surface area contributed by atoms with Crippen LogP contribution in [0.15, 0.2) is 54.6 Å². The van der Waals surface area contributed by atoms with Gasteiger partial charge in [0.1, 0.15) is 12.3 Å². The molecule has 2 aromatic carbocycles. The molecule has 0 aliphatic rings. The lowest BCUT2D eigenvalue weighted by molar-refractivity contribution is -0.949. The van der Waals surface area contributed by atoms with Crippen LogP contribution in [0.3, 0.4) is 0 Å². The van der Waals surface area contributed by atoms with Crippen molar-refractivity contribution < 1.29 is 14.0 Å². The topological polar surface area (TPSA) is 18.5 Å². The van der Waals surface area contributed by atoms with E-state index in [1.54, 1.807) is 0 Å². The summed E-state index contributed by atoms with van der Waals surface area (Å²) in [6.07, 6.45) is 2.11. The van der Waals surface area contributed by atoms with Gasteiger partial charge in [0.15, 0.2) is 6.23 Å². The van der Waals surface area contributed by atoms with E-state index in [0.717, 1.165) is 35.0 Å². The summed E-state index contributed by atoms with van der Waals surface area (Å²) in [7, 11) is 4.39. The zero-order valence-corrected chi connectivity index (χ0v) is 21.0. The Bertz CT molecular complexity index is 752. The molecular formula is C28H44NO2+. The zero-order chi connectivity index (χ0) is 23.0. The van der Waals surface area contributed by atoms with Crippen LogP contribution in [0.2, 0.25) is 0 Å². The molecule has 31 heavy (non-hydrogen) atoms. The average molecular weight is 427 g/mol. The normalized spacial score (nSPS) is 15.2. The van der Waals surface area contributed by atoms with Crippen molar-refractivity contribution in [3.8, 4) is 5.75 Å². The van der Waals surface area contributed by atoms with Crippen LogP contribution in [0.4, 0.5) is 0 Å². The number of quaternary nitrogens is 1. The maximum absolute atomic E-state index is 6.21. The molecule has 0 radical (unpaired) electrons. The molecule has 0 aromatic heterocycles. The highest BCUT2D eigenvalue weighted by atomic mass is 16.7. The maximum Gasteiger partial charge on any atom is 0.202 e. The average Bonchev–Trinajstić information content (AvgIpc) is 2.68. The van der Waals surface area contributed by atoms with Crippen molar-refractivity contribution in [1.82, 2.24) is 0 Å². The van der Waals surface area contributed by atoms with Gasteiger partial charge in [-0.15, -0.1) is 0 Å². The maximum atomic E-state index is 6.21. The molecule has 3 unspecified atom stereocenters. The van der Waals surface area contributed by atoms with E-state index in [0.29, 0.717) is 5.92 Å². The van der Waals surface area contributed by atoms with Crippen LogP contribution in [0, 0.1) is 17.8 Å². The third kappa shape index (κ3) is 8.66. The predicted molar refractivity (Wildman–Crippen MR) is 131 cm³/mol. The number of ether oxygens (including phenoxy) is 2. The first-order chi connectivity index (χ1) is 14.6. The Balaban J connectivity index is 1.89. The monoisotopic (exact) mass is 426 g/mol. The van der Waals surface area contributed by atoms with Gasteiger partial charge in [0.25, 0.3) is 0 Å². The molecule has 3 atom stereocenters. The quantitative estimate of drug-likeness (QED) is 0.271. The van der Waals surface area contributed by atoms with E-state index >= 15 is 0 Å². The van der Waals surface area contributed by atoms with Crippen LogP contribution >= 0.6 is 0 Å². The first-order valence-electron chi connectivity index (χ1n) is 11.8. The van der Waals surface area contributed by atoms with Crippen LogP contribution in [-0.2, 0) is 17.7 Å². The largest absolute Gasteiger partial charge is 0.465 e.